The Morgan fingerprint density at radius 2 is 2.29 bits per heavy atom. The molecular formula is C10H11ClO3. The SMILES string of the molecule is COC(=O)CCc1ccc(O)c(Cl)c1. The van der Waals surface area contributed by atoms with Gasteiger partial charge in [-0.15, -0.1) is 0 Å². The number of ether oxygens (including phenoxy) is 1. The van der Waals surface area contributed by atoms with Crippen LogP contribution in [-0.4, -0.2) is 18.2 Å². The zero-order chi connectivity index (χ0) is 10.6. The maximum absolute atomic E-state index is 10.8. The van der Waals surface area contributed by atoms with E-state index in [9.17, 15) is 4.79 Å². The first-order valence-corrected chi connectivity index (χ1v) is 4.55. The van der Waals surface area contributed by atoms with E-state index in [-0.39, 0.29) is 11.7 Å². The summed E-state index contributed by atoms with van der Waals surface area (Å²) in [5.74, 6) is -0.206. The summed E-state index contributed by atoms with van der Waals surface area (Å²) in [5.41, 5.74) is 0.901. The number of carbonyl (C=O) groups is 1. The molecule has 0 bridgehead atoms. The molecule has 4 heteroatoms. The Bertz CT molecular complexity index is 336. The molecule has 0 saturated carbocycles. The summed E-state index contributed by atoms with van der Waals surface area (Å²) in [5, 5.41) is 9.44. The Balaban J connectivity index is 2.60. The Morgan fingerprint density at radius 1 is 1.57 bits per heavy atom. The highest BCUT2D eigenvalue weighted by Gasteiger charge is 2.03. The molecule has 0 aromatic heterocycles. The molecule has 0 aliphatic carbocycles. The quantitative estimate of drug-likeness (QED) is 0.785. The number of aryl methyl sites for hydroxylation is 1. The molecule has 3 nitrogen and oxygen atoms in total. The molecule has 0 heterocycles. The van der Waals surface area contributed by atoms with Gasteiger partial charge < -0.3 is 9.84 Å². The van der Waals surface area contributed by atoms with E-state index in [2.05, 4.69) is 4.74 Å². The van der Waals surface area contributed by atoms with E-state index in [0.717, 1.165) is 5.56 Å². The molecule has 0 atom stereocenters. The number of hydrogen-bond donors (Lipinski definition) is 1. The van der Waals surface area contributed by atoms with E-state index in [1.54, 1.807) is 12.1 Å². The molecule has 0 spiro atoms. The molecular weight excluding hydrogens is 204 g/mol. The highest BCUT2D eigenvalue weighted by molar-refractivity contribution is 6.32. The lowest BCUT2D eigenvalue weighted by atomic mass is 10.1. The number of aromatic hydroxyl groups is 1. The molecule has 1 aromatic carbocycles. The van der Waals surface area contributed by atoms with Gasteiger partial charge in [0.2, 0.25) is 0 Å². The molecule has 0 amide bonds. The minimum absolute atomic E-state index is 0.0495. The summed E-state index contributed by atoms with van der Waals surface area (Å²) >= 11 is 5.70. The van der Waals surface area contributed by atoms with E-state index in [1.165, 1.54) is 13.2 Å². The average molecular weight is 215 g/mol. The number of halogens is 1. The van der Waals surface area contributed by atoms with Gasteiger partial charge in [-0.1, -0.05) is 17.7 Å². The minimum atomic E-state index is -0.255. The fourth-order valence-electron chi connectivity index (χ4n) is 1.05. The standard InChI is InChI=1S/C10H11ClO3/c1-14-10(13)5-3-7-2-4-9(12)8(11)6-7/h2,4,6,12H,3,5H2,1H3. The lowest BCUT2D eigenvalue weighted by Gasteiger charge is -2.02. The molecule has 1 N–H and O–H groups in total. The van der Waals surface area contributed by atoms with Gasteiger partial charge in [0.1, 0.15) is 5.75 Å². The number of phenolic OH excluding ortho intramolecular Hbond substituents is 1. The van der Waals surface area contributed by atoms with Crippen LogP contribution < -0.4 is 0 Å². The Labute approximate surface area is 87.3 Å². The van der Waals surface area contributed by atoms with Gasteiger partial charge in [-0.2, -0.15) is 0 Å². The lowest BCUT2D eigenvalue weighted by Crippen LogP contribution is -2.01. The average Bonchev–Trinajstić information content (AvgIpc) is 2.19. The largest absolute Gasteiger partial charge is 0.506 e. The van der Waals surface area contributed by atoms with Crippen LogP contribution in [0, 0.1) is 0 Å². The van der Waals surface area contributed by atoms with Crippen molar-refractivity contribution in [1.29, 1.82) is 0 Å². The highest BCUT2D eigenvalue weighted by Crippen LogP contribution is 2.24. The maximum Gasteiger partial charge on any atom is 0.305 e. The first-order valence-electron chi connectivity index (χ1n) is 4.17. The zero-order valence-electron chi connectivity index (χ0n) is 7.79. The van der Waals surface area contributed by atoms with Crippen molar-refractivity contribution in [1.82, 2.24) is 0 Å². The number of carbonyl (C=O) groups excluding carboxylic acids is 1. The zero-order valence-corrected chi connectivity index (χ0v) is 8.54. The third kappa shape index (κ3) is 2.92. The van der Waals surface area contributed by atoms with Gasteiger partial charge in [0.15, 0.2) is 0 Å². The van der Waals surface area contributed by atoms with Crippen LogP contribution in [0.5, 0.6) is 5.75 Å². The van der Waals surface area contributed by atoms with E-state index in [1.807, 2.05) is 0 Å². The van der Waals surface area contributed by atoms with E-state index < -0.39 is 0 Å². The molecule has 0 saturated heterocycles. The van der Waals surface area contributed by atoms with Crippen molar-refractivity contribution >= 4 is 17.6 Å². The molecule has 1 rings (SSSR count). The number of methoxy groups -OCH3 is 1. The number of benzene rings is 1. The Hall–Kier alpha value is -1.22. The first kappa shape index (κ1) is 10.9. The van der Waals surface area contributed by atoms with Crippen LogP contribution in [-0.2, 0) is 16.0 Å². The number of phenols is 1. The van der Waals surface area contributed by atoms with Crippen LogP contribution in [0.3, 0.4) is 0 Å². The van der Waals surface area contributed by atoms with Gasteiger partial charge >= 0.3 is 5.97 Å². The van der Waals surface area contributed by atoms with Crippen molar-refractivity contribution in [2.75, 3.05) is 7.11 Å². The van der Waals surface area contributed by atoms with Crippen molar-refractivity contribution in [3.05, 3.63) is 28.8 Å². The van der Waals surface area contributed by atoms with Crippen molar-refractivity contribution in [3.63, 3.8) is 0 Å². The maximum atomic E-state index is 10.8. The fourth-order valence-corrected chi connectivity index (χ4v) is 1.26. The summed E-state index contributed by atoms with van der Waals surface area (Å²) in [6.45, 7) is 0. The second kappa shape index (κ2) is 4.86. The van der Waals surface area contributed by atoms with Gasteiger partial charge in [-0.25, -0.2) is 0 Å². The summed E-state index contributed by atoms with van der Waals surface area (Å²) in [7, 11) is 1.35. The minimum Gasteiger partial charge on any atom is -0.506 e. The first-order chi connectivity index (χ1) is 6.63. The summed E-state index contributed by atoms with van der Waals surface area (Å²) < 4.78 is 4.50. The van der Waals surface area contributed by atoms with Crippen LogP contribution >= 0.6 is 11.6 Å². The predicted octanol–water partition coefficient (Wildman–Crippen LogP) is 2.15. The van der Waals surface area contributed by atoms with Crippen molar-refractivity contribution in [2.24, 2.45) is 0 Å². The second-order valence-electron chi connectivity index (χ2n) is 2.86. The lowest BCUT2D eigenvalue weighted by molar-refractivity contribution is -0.140. The second-order valence-corrected chi connectivity index (χ2v) is 3.27. The van der Waals surface area contributed by atoms with Crippen LogP contribution in [0.25, 0.3) is 0 Å². The molecule has 0 aliphatic rings. The summed E-state index contributed by atoms with van der Waals surface area (Å²) in [6.07, 6.45) is 0.879. The topological polar surface area (TPSA) is 46.5 Å². The third-order valence-electron chi connectivity index (χ3n) is 1.86. The normalized spacial score (nSPS) is 9.86. The Kier molecular flexibility index (Phi) is 3.77. The van der Waals surface area contributed by atoms with E-state index in [4.69, 9.17) is 16.7 Å². The fraction of sp³-hybridized carbons (Fsp3) is 0.300. The van der Waals surface area contributed by atoms with E-state index in [0.29, 0.717) is 17.9 Å². The Morgan fingerprint density at radius 3 is 2.86 bits per heavy atom. The number of hydrogen-bond acceptors (Lipinski definition) is 3. The van der Waals surface area contributed by atoms with Gasteiger partial charge in [0, 0.05) is 6.42 Å². The highest BCUT2D eigenvalue weighted by atomic mass is 35.5. The molecule has 0 aliphatic heterocycles. The summed E-state index contributed by atoms with van der Waals surface area (Å²) in [4.78, 5) is 10.8. The number of rotatable bonds is 3. The molecule has 14 heavy (non-hydrogen) atoms. The molecule has 0 radical (unpaired) electrons. The third-order valence-corrected chi connectivity index (χ3v) is 2.16. The number of esters is 1. The van der Waals surface area contributed by atoms with Crippen molar-refractivity contribution < 1.29 is 14.6 Å². The van der Waals surface area contributed by atoms with E-state index >= 15 is 0 Å². The predicted molar refractivity (Wildman–Crippen MR) is 53.5 cm³/mol. The van der Waals surface area contributed by atoms with Gasteiger partial charge in [0.05, 0.1) is 12.1 Å². The molecule has 0 fully saturated rings. The van der Waals surface area contributed by atoms with Crippen LogP contribution in [0.1, 0.15) is 12.0 Å². The monoisotopic (exact) mass is 214 g/mol. The van der Waals surface area contributed by atoms with Crippen LogP contribution in [0.4, 0.5) is 0 Å². The van der Waals surface area contributed by atoms with Gasteiger partial charge in [-0.05, 0) is 24.1 Å². The van der Waals surface area contributed by atoms with Gasteiger partial charge in [-0.3, -0.25) is 4.79 Å². The van der Waals surface area contributed by atoms with Crippen LogP contribution in [0.15, 0.2) is 18.2 Å². The van der Waals surface area contributed by atoms with Crippen molar-refractivity contribution in [3.8, 4) is 5.75 Å². The summed E-state index contributed by atoms with van der Waals surface area (Å²) in [6, 6.07) is 4.87. The van der Waals surface area contributed by atoms with Gasteiger partial charge in [0.25, 0.3) is 0 Å². The smallest absolute Gasteiger partial charge is 0.305 e. The molecule has 76 valence electrons. The van der Waals surface area contributed by atoms with Crippen LogP contribution in [0.2, 0.25) is 5.02 Å². The van der Waals surface area contributed by atoms with Crippen molar-refractivity contribution in [2.45, 2.75) is 12.8 Å². The molecule has 1 aromatic rings. The molecule has 0 unspecified atom stereocenters.